The molecule has 2 unspecified atom stereocenters. The van der Waals surface area contributed by atoms with Crippen LogP contribution in [0.2, 0.25) is 0 Å². The van der Waals surface area contributed by atoms with Gasteiger partial charge in [0.2, 0.25) is 5.36 Å². The van der Waals surface area contributed by atoms with Crippen LogP contribution >= 0.6 is 7.37 Å². The number of likely N-dealkylation sites (N-methyl/N-ethyl adjacent to an activating group) is 1. The highest BCUT2D eigenvalue weighted by atomic mass is 31.2. The van der Waals surface area contributed by atoms with Gasteiger partial charge in [-0.3, -0.25) is 4.57 Å². The van der Waals surface area contributed by atoms with Gasteiger partial charge in [0, 0.05) is 43.2 Å². The van der Waals surface area contributed by atoms with E-state index in [2.05, 4.69) is 83.1 Å². The molecule has 2 N–H and O–H groups in total. The van der Waals surface area contributed by atoms with Gasteiger partial charge in [-0.15, -0.1) is 0 Å². The van der Waals surface area contributed by atoms with Gasteiger partial charge in [-0.1, -0.05) is 19.1 Å². The number of anilines is 1. The third-order valence-corrected chi connectivity index (χ3v) is 12.0. The fourth-order valence-corrected chi connectivity index (χ4v) is 10.0. The summed E-state index contributed by atoms with van der Waals surface area (Å²) in [5.41, 5.74) is 6.63. The van der Waals surface area contributed by atoms with E-state index >= 15 is 0 Å². The molecule has 3 heterocycles. The van der Waals surface area contributed by atoms with E-state index in [9.17, 15) is 14.3 Å². The summed E-state index contributed by atoms with van der Waals surface area (Å²) in [4.78, 5) is 25.7. The summed E-state index contributed by atoms with van der Waals surface area (Å²) in [7, 11) is -4.03. The second-order valence-electron chi connectivity index (χ2n) is 13.9. The Labute approximate surface area is 265 Å². The van der Waals surface area contributed by atoms with Crippen LogP contribution in [0.25, 0.3) is 11.1 Å². The number of carboxylic acids is 1. The molecule has 0 fully saturated rings. The lowest BCUT2D eigenvalue weighted by molar-refractivity contribution is -0.139. The topological polar surface area (TPSA) is 90.1 Å². The molecule has 0 aliphatic carbocycles. The molecule has 236 valence electrons. The number of carbonyl (C=O) groups is 1. The summed E-state index contributed by atoms with van der Waals surface area (Å²) in [6.07, 6.45) is 3.25. The van der Waals surface area contributed by atoms with Gasteiger partial charge in [-0.25, -0.2) is 9.37 Å². The second-order valence-corrected chi connectivity index (χ2v) is 16.0. The van der Waals surface area contributed by atoms with E-state index in [0.717, 1.165) is 63.6 Å². The van der Waals surface area contributed by atoms with Crippen LogP contribution in [0, 0.1) is 0 Å². The maximum absolute atomic E-state index is 14.9. The number of aliphatic carboxylic acids is 1. The van der Waals surface area contributed by atoms with E-state index in [1.165, 1.54) is 5.56 Å². The SMILES string of the molecule is CCN1c2cc3c(cc2C(C)CC1(C)C)C(c1ccc(OCC(=O)O)cc1)=c1cc2c(cc1P3(=O)O)=[N+](CC)C(C)(C)C=C2C. The number of nitrogens with zero attached hydrogens (tertiary/aromatic N) is 2. The zero-order chi connectivity index (χ0) is 32.6. The molecule has 0 saturated heterocycles. The number of benzene rings is 3. The van der Waals surface area contributed by atoms with E-state index in [-0.39, 0.29) is 17.0 Å². The smallest absolute Gasteiger partial charge is 0.341 e. The molecular weight excluding hydrogens is 583 g/mol. The molecule has 0 spiro atoms. The van der Waals surface area contributed by atoms with Crippen molar-refractivity contribution < 1.29 is 24.1 Å². The summed E-state index contributed by atoms with van der Waals surface area (Å²) < 4.78 is 22.7. The van der Waals surface area contributed by atoms with Crippen molar-refractivity contribution in [2.45, 2.75) is 78.8 Å². The molecule has 0 amide bonds. The van der Waals surface area contributed by atoms with Crippen LogP contribution < -0.4 is 35.4 Å². The summed E-state index contributed by atoms with van der Waals surface area (Å²) in [6.45, 7) is 18.6. The van der Waals surface area contributed by atoms with E-state index in [1.54, 1.807) is 12.1 Å². The molecule has 0 saturated carbocycles. The minimum absolute atomic E-state index is 0.0874. The molecule has 8 heteroatoms. The lowest BCUT2D eigenvalue weighted by Gasteiger charge is -2.48. The molecular formula is C37H44N2O5P+. The molecule has 6 rings (SSSR count). The van der Waals surface area contributed by atoms with Gasteiger partial charge < -0.3 is 19.6 Å². The van der Waals surface area contributed by atoms with Crippen molar-refractivity contribution in [2.75, 3.05) is 24.6 Å². The molecule has 45 heavy (non-hydrogen) atoms. The second kappa shape index (κ2) is 10.7. The number of ether oxygens (including phenoxy) is 1. The first-order valence-electron chi connectivity index (χ1n) is 15.9. The molecule has 3 aromatic carbocycles. The molecule has 0 radical (unpaired) electrons. The summed E-state index contributed by atoms with van der Waals surface area (Å²) in [5.74, 6) is -0.316. The Bertz CT molecular complexity index is 1960. The van der Waals surface area contributed by atoms with Crippen molar-refractivity contribution in [2.24, 2.45) is 0 Å². The molecule has 0 bridgehead atoms. The Morgan fingerprint density at radius 2 is 1.73 bits per heavy atom. The minimum Gasteiger partial charge on any atom is -0.482 e. The maximum atomic E-state index is 14.9. The number of carboxylic acid groups (broad SMARTS) is 1. The minimum atomic E-state index is -4.03. The highest BCUT2D eigenvalue weighted by Gasteiger charge is 2.42. The van der Waals surface area contributed by atoms with Crippen LogP contribution in [0.5, 0.6) is 5.75 Å². The largest absolute Gasteiger partial charge is 0.482 e. The van der Waals surface area contributed by atoms with Crippen molar-refractivity contribution in [3.63, 3.8) is 0 Å². The Balaban J connectivity index is 1.73. The quantitative estimate of drug-likeness (QED) is 0.303. The predicted octanol–water partition coefficient (Wildman–Crippen LogP) is 4.75. The zero-order valence-corrected chi connectivity index (χ0v) is 28.5. The number of hydrogen-bond donors (Lipinski definition) is 2. The van der Waals surface area contributed by atoms with Crippen molar-refractivity contribution in [3.8, 4) is 5.75 Å². The highest BCUT2D eigenvalue weighted by molar-refractivity contribution is 7.73. The Hall–Kier alpha value is -3.67. The van der Waals surface area contributed by atoms with Crippen LogP contribution in [-0.2, 0) is 9.36 Å². The van der Waals surface area contributed by atoms with Crippen LogP contribution in [0.3, 0.4) is 0 Å². The lowest BCUT2D eigenvalue weighted by atomic mass is 9.78. The van der Waals surface area contributed by atoms with Gasteiger partial charge in [-0.05, 0) is 116 Å². The third kappa shape index (κ3) is 4.96. The first kappa shape index (κ1) is 31.3. The average molecular weight is 628 g/mol. The Kier molecular flexibility index (Phi) is 7.45. The predicted molar refractivity (Wildman–Crippen MR) is 182 cm³/mol. The van der Waals surface area contributed by atoms with Crippen molar-refractivity contribution in [1.29, 1.82) is 0 Å². The molecule has 3 aliphatic rings. The van der Waals surface area contributed by atoms with Gasteiger partial charge in [0.1, 0.15) is 12.3 Å². The standard InChI is InChI=1S/C37H43N2O5P/c1-9-38-30-17-32-28(15-26(30)22(3)19-36(38,5)6)35(24-11-13-25(14-12-24)44-21-34(40)41)29-16-27-23(4)20-37(7,8)39(10-2)31(27)18-33(29)45(32,42)43/h11-19,23H,9-10,20-21H2,1-8H3,(H-,40,41,42,43)/p+1. The molecule has 3 aliphatic heterocycles. The number of rotatable bonds is 6. The number of allylic oxidation sites excluding steroid dienone is 1. The summed E-state index contributed by atoms with van der Waals surface area (Å²) in [6, 6.07) is 15.6. The monoisotopic (exact) mass is 627 g/mol. The van der Waals surface area contributed by atoms with Crippen molar-refractivity contribution in [1.82, 2.24) is 4.58 Å². The van der Waals surface area contributed by atoms with Crippen LogP contribution in [0.4, 0.5) is 5.69 Å². The van der Waals surface area contributed by atoms with E-state index < -0.39 is 19.9 Å². The molecule has 2 atom stereocenters. The van der Waals surface area contributed by atoms with Gasteiger partial charge in [0.25, 0.3) is 7.37 Å². The van der Waals surface area contributed by atoms with Crippen molar-refractivity contribution in [3.05, 3.63) is 87.4 Å². The zero-order valence-electron chi connectivity index (χ0n) is 27.6. The number of fused-ring (bicyclic) bond motifs is 4. The highest BCUT2D eigenvalue weighted by Crippen LogP contribution is 2.49. The fraction of sp³-hybridized carbons (Fsp3) is 0.405. The normalized spacial score (nSPS) is 22.6. The average Bonchev–Trinajstić information content (AvgIpc) is 2.95. The Morgan fingerprint density at radius 1 is 1.04 bits per heavy atom. The summed E-state index contributed by atoms with van der Waals surface area (Å²) >= 11 is 0. The van der Waals surface area contributed by atoms with Crippen molar-refractivity contribution >= 4 is 40.8 Å². The van der Waals surface area contributed by atoms with Gasteiger partial charge in [0.05, 0.1) is 10.6 Å². The fourth-order valence-electron chi connectivity index (χ4n) is 8.16. The van der Waals surface area contributed by atoms with E-state index in [4.69, 9.17) is 9.84 Å². The molecule has 7 nitrogen and oxygen atoms in total. The van der Waals surface area contributed by atoms with Gasteiger partial charge >= 0.3 is 5.97 Å². The van der Waals surface area contributed by atoms with E-state index in [1.807, 2.05) is 24.3 Å². The third-order valence-electron chi connectivity index (χ3n) is 9.93. The van der Waals surface area contributed by atoms with E-state index in [0.29, 0.717) is 16.4 Å². The van der Waals surface area contributed by atoms with Crippen LogP contribution in [0.1, 0.15) is 90.0 Å². The molecule has 3 aromatic rings. The van der Waals surface area contributed by atoms with Crippen LogP contribution in [-0.4, -0.2) is 46.7 Å². The van der Waals surface area contributed by atoms with Gasteiger partial charge in [0.15, 0.2) is 12.1 Å². The summed E-state index contributed by atoms with van der Waals surface area (Å²) in [5, 5.41) is 11.7. The van der Waals surface area contributed by atoms with Crippen LogP contribution in [0.15, 0.2) is 54.6 Å². The maximum Gasteiger partial charge on any atom is 0.341 e. The Morgan fingerprint density at radius 3 is 2.36 bits per heavy atom. The first-order valence-corrected chi connectivity index (χ1v) is 17.5. The lowest BCUT2D eigenvalue weighted by Crippen LogP contribution is -2.52. The van der Waals surface area contributed by atoms with Gasteiger partial charge in [-0.2, -0.15) is 0 Å². The first-order chi connectivity index (χ1) is 21.1. The number of hydrogen-bond acceptors (Lipinski definition) is 4. The molecule has 0 aromatic heterocycles.